The molecule has 0 spiro atoms. The molecule has 0 amide bonds. The Morgan fingerprint density at radius 3 is 2.60 bits per heavy atom. The first kappa shape index (κ1) is 14.5. The molecule has 8 heteroatoms. The SMILES string of the molecule is COc1ccc(F)c(NS(=O)(=O)c2ccccc2Cl)n1. The van der Waals surface area contributed by atoms with Crippen LogP contribution < -0.4 is 9.46 Å². The van der Waals surface area contributed by atoms with E-state index in [1.165, 1.54) is 31.4 Å². The van der Waals surface area contributed by atoms with Crippen molar-refractivity contribution in [2.24, 2.45) is 0 Å². The van der Waals surface area contributed by atoms with Crippen molar-refractivity contribution in [3.8, 4) is 5.88 Å². The lowest BCUT2D eigenvalue weighted by Gasteiger charge is -2.10. The first-order chi connectivity index (χ1) is 9.44. The average molecular weight is 317 g/mol. The predicted molar refractivity (Wildman–Crippen MR) is 73.0 cm³/mol. The maximum atomic E-state index is 13.6. The fourth-order valence-electron chi connectivity index (χ4n) is 1.45. The molecule has 1 N–H and O–H groups in total. The number of methoxy groups -OCH3 is 1. The highest BCUT2D eigenvalue weighted by molar-refractivity contribution is 7.92. The molecule has 20 heavy (non-hydrogen) atoms. The van der Waals surface area contributed by atoms with Gasteiger partial charge < -0.3 is 4.74 Å². The predicted octanol–water partition coefficient (Wildman–Crippen LogP) is 2.68. The molecule has 0 saturated carbocycles. The van der Waals surface area contributed by atoms with Crippen LogP contribution in [-0.2, 0) is 10.0 Å². The van der Waals surface area contributed by atoms with Gasteiger partial charge in [-0.1, -0.05) is 23.7 Å². The van der Waals surface area contributed by atoms with Crippen molar-refractivity contribution in [1.82, 2.24) is 4.98 Å². The number of aromatic nitrogens is 1. The standard InChI is InChI=1S/C12H10ClFN2O3S/c1-19-11-7-6-9(14)12(15-11)16-20(17,18)10-5-3-2-4-8(10)13/h2-7H,1H3,(H,15,16). The highest BCUT2D eigenvalue weighted by Crippen LogP contribution is 2.24. The van der Waals surface area contributed by atoms with Gasteiger partial charge in [-0.25, -0.2) is 12.8 Å². The number of benzene rings is 1. The number of nitrogens with one attached hydrogen (secondary N) is 1. The summed E-state index contributed by atoms with van der Waals surface area (Å²) in [5, 5.41) is 0.0308. The highest BCUT2D eigenvalue weighted by atomic mass is 35.5. The average Bonchev–Trinajstić information content (AvgIpc) is 2.41. The van der Waals surface area contributed by atoms with E-state index >= 15 is 0 Å². The van der Waals surface area contributed by atoms with E-state index in [4.69, 9.17) is 16.3 Å². The van der Waals surface area contributed by atoms with Crippen LogP contribution in [0.3, 0.4) is 0 Å². The summed E-state index contributed by atoms with van der Waals surface area (Å²) in [5.41, 5.74) is 0. The zero-order valence-corrected chi connectivity index (χ0v) is 11.9. The molecule has 0 saturated heterocycles. The van der Waals surface area contributed by atoms with Crippen LogP contribution in [0, 0.1) is 5.82 Å². The molecular formula is C12H10ClFN2O3S. The third-order valence-electron chi connectivity index (χ3n) is 2.39. The Morgan fingerprint density at radius 2 is 1.95 bits per heavy atom. The first-order valence-electron chi connectivity index (χ1n) is 5.42. The van der Waals surface area contributed by atoms with E-state index in [1.54, 1.807) is 6.07 Å². The lowest BCUT2D eigenvalue weighted by molar-refractivity contribution is 0.397. The second-order valence-corrected chi connectivity index (χ2v) is 5.78. The van der Waals surface area contributed by atoms with E-state index in [-0.39, 0.29) is 15.8 Å². The summed E-state index contributed by atoms with van der Waals surface area (Å²) in [4.78, 5) is 3.54. The molecule has 0 aliphatic heterocycles. The van der Waals surface area contributed by atoms with Crippen molar-refractivity contribution in [3.63, 3.8) is 0 Å². The molecule has 2 rings (SSSR count). The number of hydrogen-bond donors (Lipinski definition) is 1. The van der Waals surface area contributed by atoms with Crippen molar-refractivity contribution in [2.45, 2.75) is 4.90 Å². The number of hydrogen-bond acceptors (Lipinski definition) is 4. The van der Waals surface area contributed by atoms with E-state index in [0.29, 0.717) is 0 Å². The van der Waals surface area contributed by atoms with E-state index in [9.17, 15) is 12.8 Å². The topological polar surface area (TPSA) is 68.3 Å². The molecule has 106 valence electrons. The smallest absolute Gasteiger partial charge is 0.264 e. The van der Waals surface area contributed by atoms with Crippen LogP contribution in [0.5, 0.6) is 5.88 Å². The zero-order valence-electron chi connectivity index (χ0n) is 10.3. The van der Waals surface area contributed by atoms with Crippen LogP contribution in [0.25, 0.3) is 0 Å². The number of halogens is 2. The normalized spacial score (nSPS) is 11.2. The molecule has 0 aliphatic rings. The second kappa shape index (κ2) is 5.64. The molecule has 1 aromatic heterocycles. The lowest BCUT2D eigenvalue weighted by Crippen LogP contribution is -2.15. The van der Waals surface area contributed by atoms with Gasteiger partial charge in [0.05, 0.1) is 12.1 Å². The van der Waals surface area contributed by atoms with Gasteiger partial charge >= 0.3 is 0 Å². The molecule has 0 aliphatic carbocycles. The van der Waals surface area contributed by atoms with Gasteiger partial charge in [0.2, 0.25) is 5.88 Å². The van der Waals surface area contributed by atoms with E-state index in [0.717, 1.165) is 6.07 Å². The van der Waals surface area contributed by atoms with Gasteiger partial charge in [-0.05, 0) is 18.2 Å². The van der Waals surface area contributed by atoms with Gasteiger partial charge in [0.1, 0.15) is 4.90 Å². The van der Waals surface area contributed by atoms with E-state index < -0.39 is 21.7 Å². The molecule has 0 unspecified atom stereocenters. The van der Waals surface area contributed by atoms with Crippen molar-refractivity contribution < 1.29 is 17.5 Å². The number of nitrogens with zero attached hydrogens (tertiary/aromatic N) is 1. The molecule has 0 bridgehead atoms. The summed E-state index contributed by atoms with van der Waals surface area (Å²) in [5.74, 6) is -1.19. The minimum atomic E-state index is -4.03. The number of anilines is 1. The Labute approximate surface area is 120 Å². The Hall–Kier alpha value is -1.86. The molecule has 0 radical (unpaired) electrons. The van der Waals surface area contributed by atoms with Crippen molar-refractivity contribution in [1.29, 1.82) is 0 Å². The van der Waals surface area contributed by atoms with Crippen molar-refractivity contribution in [3.05, 3.63) is 47.2 Å². The maximum absolute atomic E-state index is 13.6. The number of sulfonamides is 1. The minimum Gasteiger partial charge on any atom is -0.481 e. The Balaban J connectivity index is 2.41. The zero-order chi connectivity index (χ0) is 14.8. The van der Waals surface area contributed by atoms with Crippen LogP contribution in [0.4, 0.5) is 10.2 Å². The summed E-state index contributed by atoms with van der Waals surface area (Å²) < 4.78 is 44.7. The van der Waals surface area contributed by atoms with Gasteiger partial charge in [-0.15, -0.1) is 0 Å². The summed E-state index contributed by atoms with van der Waals surface area (Å²) >= 11 is 5.82. The Morgan fingerprint density at radius 1 is 1.25 bits per heavy atom. The number of rotatable bonds is 4. The van der Waals surface area contributed by atoms with Crippen molar-refractivity contribution in [2.75, 3.05) is 11.8 Å². The molecule has 1 aromatic carbocycles. The van der Waals surface area contributed by atoms with E-state index in [1.807, 2.05) is 4.72 Å². The van der Waals surface area contributed by atoms with Crippen LogP contribution in [-0.4, -0.2) is 20.5 Å². The van der Waals surface area contributed by atoms with Crippen LogP contribution >= 0.6 is 11.6 Å². The summed E-state index contributed by atoms with van der Waals surface area (Å²) in [6, 6.07) is 8.16. The van der Waals surface area contributed by atoms with Gasteiger partial charge in [0, 0.05) is 6.07 Å². The Bertz CT molecular complexity index is 737. The second-order valence-electron chi connectivity index (χ2n) is 3.72. The molecular weight excluding hydrogens is 307 g/mol. The third kappa shape index (κ3) is 3.00. The summed E-state index contributed by atoms with van der Waals surface area (Å²) in [6.45, 7) is 0. The summed E-state index contributed by atoms with van der Waals surface area (Å²) in [7, 11) is -2.69. The van der Waals surface area contributed by atoms with E-state index in [2.05, 4.69) is 4.98 Å². The molecule has 2 aromatic rings. The fourth-order valence-corrected chi connectivity index (χ4v) is 2.98. The first-order valence-corrected chi connectivity index (χ1v) is 7.28. The number of pyridine rings is 1. The Kier molecular flexibility index (Phi) is 4.10. The van der Waals surface area contributed by atoms with Gasteiger partial charge in [-0.3, -0.25) is 4.72 Å². The lowest BCUT2D eigenvalue weighted by atomic mass is 10.4. The highest BCUT2D eigenvalue weighted by Gasteiger charge is 2.20. The fraction of sp³-hybridized carbons (Fsp3) is 0.0833. The molecule has 5 nitrogen and oxygen atoms in total. The maximum Gasteiger partial charge on any atom is 0.264 e. The van der Waals surface area contributed by atoms with Crippen LogP contribution in [0.1, 0.15) is 0 Å². The molecule has 0 atom stereocenters. The largest absolute Gasteiger partial charge is 0.481 e. The summed E-state index contributed by atoms with van der Waals surface area (Å²) in [6.07, 6.45) is 0. The van der Waals surface area contributed by atoms with Gasteiger partial charge in [0.15, 0.2) is 11.6 Å². The minimum absolute atomic E-state index is 0.0308. The van der Waals surface area contributed by atoms with Crippen LogP contribution in [0.2, 0.25) is 5.02 Å². The number of ether oxygens (including phenoxy) is 1. The molecule has 0 fully saturated rings. The van der Waals surface area contributed by atoms with Gasteiger partial charge in [-0.2, -0.15) is 4.98 Å². The van der Waals surface area contributed by atoms with Gasteiger partial charge in [0.25, 0.3) is 10.0 Å². The van der Waals surface area contributed by atoms with Crippen LogP contribution in [0.15, 0.2) is 41.3 Å². The third-order valence-corrected chi connectivity index (χ3v) is 4.23. The monoisotopic (exact) mass is 316 g/mol. The quantitative estimate of drug-likeness (QED) is 0.941. The van der Waals surface area contributed by atoms with Crippen molar-refractivity contribution >= 4 is 27.4 Å². The molecule has 1 heterocycles.